The van der Waals surface area contributed by atoms with Crippen molar-refractivity contribution in [2.45, 2.75) is 19.9 Å². The molecule has 2 N–H and O–H groups in total. The number of thiocarbonyl (C=S) groups is 1. The number of quaternary nitrogens is 1. The average molecular weight is 379 g/mol. The first-order valence-electron chi connectivity index (χ1n) is 8.42. The van der Waals surface area contributed by atoms with Gasteiger partial charge < -0.3 is 15.1 Å². The van der Waals surface area contributed by atoms with Gasteiger partial charge in [-0.25, -0.2) is 4.39 Å². The van der Waals surface area contributed by atoms with Crippen LogP contribution in [0, 0.1) is 12.7 Å². The number of hydrogen-bond acceptors (Lipinski definition) is 1. The highest BCUT2D eigenvalue weighted by Crippen LogP contribution is 2.20. The summed E-state index contributed by atoms with van der Waals surface area (Å²) < 4.78 is 13.9. The third-order valence-corrected chi connectivity index (χ3v) is 5.25. The standard InChI is InChI=1S/C19H21ClFN3S/c1-14-7-8-16(11-17(14)20)22-19(25)24-10-4-9-23(13-24)12-15-5-2-3-6-18(15)21/h2-3,5-8,11H,4,9-10,12-13H2,1H3,(H,22,25)/p+1. The molecule has 2 aromatic carbocycles. The van der Waals surface area contributed by atoms with Crippen molar-refractivity contribution in [3.05, 3.63) is 64.4 Å². The molecule has 3 nitrogen and oxygen atoms in total. The van der Waals surface area contributed by atoms with Crippen LogP contribution in [0.5, 0.6) is 0 Å². The highest BCUT2D eigenvalue weighted by Gasteiger charge is 2.23. The maximum Gasteiger partial charge on any atom is 0.177 e. The molecule has 1 fully saturated rings. The molecule has 1 aliphatic heterocycles. The summed E-state index contributed by atoms with van der Waals surface area (Å²) in [7, 11) is 0. The van der Waals surface area contributed by atoms with E-state index in [1.165, 1.54) is 11.0 Å². The van der Waals surface area contributed by atoms with Gasteiger partial charge in [-0.1, -0.05) is 35.9 Å². The van der Waals surface area contributed by atoms with Gasteiger partial charge in [0.2, 0.25) is 0 Å². The van der Waals surface area contributed by atoms with Gasteiger partial charge in [0.25, 0.3) is 0 Å². The summed E-state index contributed by atoms with van der Waals surface area (Å²) in [6.45, 7) is 5.33. The van der Waals surface area contributed by atoms with E-state index in [0.717, 1.165) is 48.0 Å². The smallest absolute Gasteiger partial charge is 0.177 e. The third kappa shape index (κ3) is 4.69. The van der Waals surface area contributed by atoms with E-state index in [9.17, 15) is 4.39 Å². The van der Waals surface area contributed by atoms with E-state index in [1.54, 1.807) is 6.07 Å². The monoisotopic (exact) mass is 378 g/mol. The summed E-state index contributed by atoms with van der Waals surface area (Å²) in [5, 5.41) is 4.67. The largest absolute Gasteiger partial charge is 0.332 e. The topological polar surface area (TPSA) is 19.7 Å². The zero-order valence-corrected chi connectivity index (χ0v) is 15.8. The van der Waals surface area contributed by atoms with Crippen LogP contribution in [0.15, 0.2) is 42.5 Å². The van der Waals surface area contributed by atoms with E-state index < -0.39 is 0 Å². The highest BCUT2D eigenvalue weighted by atomic mass is 35.5. The average Bonchev–Trinajstić information content (AvgIpc) is 2.60. The van der Waals surface area contributed by atoms with Gasteiger partial charge in [0.1, 0.15) is 12.4 Å². The number of aryl methyl sites for hydroxylation is 1. The van der Waals surface area contributed by atoms with E-state index in [2.05, 4.69) is 10.2 Å². The van der Waals surface area contributed by atoms with Crippen LogP contribution in [0.2, 0.25) is 5.02 Å². The van der Waals surface area contributed by atoms with Crippen molar-refractivity contribution in [2.75, 3.05) is 25.1 Å². The number of benzene rings is 2. The Labute approximate surface area is 158 Å². The maximum absolute atomic E-state index is 13.9. The number of rotatable bonds is 3. The molecule has 0 amide bonds. The Morgan fingerprint density at radius 1 is 1.32 bits per heavy atom. The van der Waals surface area contributed by atoms with Crippen molar-refractivity contribution in [1.82, 2.24) is 4.90 Å². The second-order valence-electron chi connectivity index (χ2n) is 6.44. The molecule has 1 heterocycles. The molecule has 0 aromatic heterocycles. The van der Waals surface area contributed by atoms with Crippen molar-refractivity contribution >= 4 is 34.6 Å². The number of hydrogen-bond donors (Lipinski definition) is 2. The van der Waals surface area contributed by atoms with Gasteiger partial charge in [-0.05, 0) is 42.9 Å². The highest BCUT2D eigenvalue weighted by molar-refractivity contribution is 7.80. The Morgan fingerprint density at radius 2 is 2.12 bits per heavy atom. The Hall–Kier alpha value is -1.69. The van der Waals surface area contributed by atoms with Gasteiger partial charge >= 0.3 is 0 Å². The maximum atomic E-state index is 13.9. The molecule has 0 spiro atoms. The van der Waals surface area contributed by atoms with Crippen LogP contribution in [-0.4, -0.2) is 29.8 Å². The predicted molar refractivity (Wildman–Crippen MR) is 105 cm³/mol. The minimum absolute atomic E-state index is 0.137. The van der Waals surface area contributed by atoms with E-state index in [1.807, 2.05) is 37.3 Å². The lowest BCUT2D eigenvalue weighted by Gasteiger charge is -2.34. The fourth-order valence-electron chi connectivity index (χ4n) is 3.05. The van der Waals surface area contributed by atoms with Gasteiger partial charge in [0, 0.05) is 29.2 Å². The van der Waals surface area contributed by atoms with Crippen LogP contribution in [-0.2, 0) is 6.54 Å². The van der Waals surface area contributed by atoms with Gasteiger partial charge in [-0.3, -0.25) is 0 Å². The van der Waals surface area contributed by atoms with E-state index in [4.69, 9.17) is 23.8 Å². The van der Waals surface area contributed by atoms with Crippen LogP contribution in [0.3, 0.4) is 0 Å². The summed E-state index contributed by atoms with van der Waals surface area (Å²) in [5.74, 6) is -0.137. The molecular formula is C19H22ClFN3S+. The quantitative estimate of drug-likeness (QED) is 0.800. The van der Waals surface area contributed by atoms with Gasteiger partial charge in [-0.15, -0.1) is 0 Å². The Kier molecular flexibility index (Phi) is 5.89. The zero-order valence-electron chi connectivity index (χ0n) is 14.2. The van der Waals surface area contributed by atoms with Crippen molar-refractivity contribution in [2.24, 2.45) is 0 Å². The van der Waals surface area contributed by atoms with Gasteiger partial charge in [0.05, 0.1) is 6.54 Å². The molecular weight excluding hydrogens is 357 g/mol. The molecule has 1 saturated heterocycles. The fourth-order valence-corrected chi connectivity index (χ4v) is 3.50. The summed E-state index contributed by atoms with van der Waals surface area (Å²) in [6.07, 6.45) is 1.03. The van der Waals surface area contributed by atoms with Crippen molar-refractivity contribution in [3.63, 3.8) is 0 Å². The summed E-state index contributed by atoms with van der Waals surface area (Å²) >= 11 is 11.7. The van der Waals surface area contributed by atoms with Gasteiger partial charge in [0.15, 0.2) is 11.8 Å². The summed E-state index contributed by atoms with van der Waals surface area (Å²) in [5.41, 5.74) is 2.68. The van der Waals surface area contributed by atoms with Crippen molar-refractivity contribution < 1.29 is 9.29 Å². The van der Waals surface area contributed by atoms with Crippen LogP contribution in [0.4, 0.5) is 10.1 Å². The predicted octanol–water partition coefficient (Wildman–Crippen LogP) is 3.23. The third-order valence-electron chi connectivity index (χ3n) is 4.48. The molecule has 1 atom stereocenters. The van der Waals surface area contributed by atoms with Crippen LogP contribution in [0.1, 0.15) is 17.5 Å². The van der Waals surface area contributed by atoms with E-state index >= 15 is 0 Å². The molecule has 0 radical (unpaired) electrons. The van der Waals surface area contributed by atoms with Crippen LogP contribution >= 0.6 is 23.8 Å². The van der Waals surface area contributed by atoms with Gasteiger partial charge in [-0.2, -0.15) is 0 Å². The normalized spacial score (nSPS) is 17.4. The molecule has 132 valence electrons. The second-order valence-corrected chi connectivity index (χ2v) is 7.23. The summed E-state index contributed by atoms with van der Waals surface area (Å²) in [6, 6.07) is 12.8. The molecule has 1 aliphatic rings. The van der Waals surface area contributed by atoms with Crippen LogP contribution < -0.4 is 10.2 Å². The minimum Gasteiger partial charge on any atom is -0.332 e. The molecule has 0 aliphatic carbocycles. The van der Waals surface area contributed by atoms with Crippen molar-refractivity contribution in [3.8, 4) is 0 Å². The lowest BCUT2D eigenvalue weighted by Crippen LogP contribution is -3.13. The van der Waals surface area contributed by atoms with Crippen molar-refractivity contribution in [1.29, 1.82) is 0 Å². The molecule has 1 unspecified atom stereocenters. The lowest BCUT2D eigenvalue weighted by atomic mass is 10.2. The zero-order chi connectivity index (χ0) is 17.8. The molecule has 0 bridgehead atoms. The first-order chi connectivity index (χ1) is 12.0. The Morgan fingerprint density at radius 3 is 2.88 bits per heavy atom. The van der Waals surface area contributed by atoms with E-state index in [0.29, 0.717) is 11.7 Å². The SMILES string of the molecule is Cc1ccc(NC(=S)N2CCC[NH+](Cc3ccccc3F)C2)cc1Cl. The minimum atomic E-state index is -0.137. The summed E-state index contributed by atoms with van der Waals surface area (Å²) in [4.78, 5) is 3.45. The molecule has 25 heavy (non-hydrogen) atoms. The molecule has 0 saturated carbocycles. The first kappa shape index (κ1) is 18.1. The molecule has 3 rings (SSSR count). The number of nitrogens with zero attached hydrogens (tertiary/aromatic N) is 1. The Balaban J connectivity index is 1.61. The number of nitrogens with one attached hydrogen (secondary N) is 2. The number of halogens is 2. The lowest BCUT2D eigenvalue weighted by molar-refractivity contribution is -0.927. The second kappa shape index (κ2) is 8.13. The fraction of sp³-hybridized carbons (Fsp3) is 0.316. The molecule has 6 heteroatoms. The molecule has 2 aromatic rings. The van der Waals surface area contributed by atoms with E-state index in [-0.39, 0.29) is 5.82 Å². The Bertz CT molecular complexity index is 768. The van der Waals surface area contributed by atoms with Crippen LogP contribution in [0.25, 0.3) is 0 Å². The first-order valence-corrected chi connectivity index (χ1v) is 9.20. The number of anilines is 1.